The normalized spacial score (nSPS) is 18.7. The van der Waals surface area contributed by atoms with Crippen LogP contribution in [0.4, 0.5) is 4.79 Å². The molecule has 1 aromatic heterocycles. The molecular formula is C57H82N4O12Si2. The minimum Gasteiger partial charge on any atom is -0.497 e. The number of ether oxygens (including phenoxy) is 3. The van der Waals surface area contributed by atoms with E-state index < -0.39 is 82.5 Å². The molecule has 4 aromatic rings. The zero-order valence-corrected chi connectivity index (χ0v) is 48.0. The summed E-state index contributed by atoms with van der Waals surface area (Å²) in [5, 5.41) is 27.6. The van der Waals surface area contributed by atoms with Crippen molar-refractivity contribution in [2.75, 3.05) is 20.3 Å². The third-order valence-electron chi connectivity index (χ3n) is 15.8. The number of aliphatic carboxylic acids is 1. The first-order valence-corrected chi connectivity index (χ1v) is 32.4. The Kier molecular flexibility index (Phi) is 19.8. The first-order chi connectivity index (χ1) is 35.3. The summed E-state index contributed by atoms with van der Waals surface area (Å²) in [6.07, 6.45) is 1.27. The zero-order valence-electron chi connectivity index (χ0n) is 46.0. The summed E-state index contributed by atoms with van der Waals surface area (Å²) in [6, 6.07) is 23.0. The van der Waals surface area contributed by atoms with E-state index in [4.69, 9.17) is 23.1 Å². The van der Waals surface area contributed by atoms with Crippen LogP contribution < -0.4 is 26.6 Å². The Morgan fingerprint density at radius 2 is 1.27 bits per heavy atom. The number of hydrogen-bond acceptors (Lipinski definition) is 11. The number of aliphatic hydroxyl groups excluding tert-OH is 1. The standard InChI is InChI=1S/C57H82N4O12Si2/c1-56(2,3)74(8,9)72-50-49(71-52(51(50)73-75(10,11)57(4,5)6)60-35-33-46(63)61(55(60)68)36-38-29-31-39(69-7)32-30-38)48(64)47(53(65)66)59-45(62)28-18-16-14-12-13-15-17-23-34-58-54(67)70-37-44-42-26-21-19-24-40(42)41-25-20-22-27-43(41)44/h19-22,24-27,29-33,35,44,47-52,64H,12-18,23,28,34,36-37H2,1-11H3,(H,58,67)(H,59,62)(H,65,66)/t47-,48+,49?,50+,51+,52+/m0/s1. The number of rotatable bonds is 25. The Morgan fingerprint density at radius 1 is 0.733 bits per heavy atom. The van der Waals surface area contributed by atoms with Gasteiger partial charge in [-0.05, 0) is 89.1 Å². The molecule has 6 rings (SSSR count). The SMILES string of the molecule is COc1ccc(Cn2c(=O)ccn([C@@H]3OC([C@H](O)[C@H](NC(=O)CCCCCCCCCCNC(=O)OCC4c5ccccc5-c5ccccc54)C(=O)O)[C@@H](O[Si](C)(C)C(C)(C)C)[C@H]3O[Si](C)(C)C(C)(C)C)c2=O)cc1. The van der Waals surface area contributed by atoms with Gasteiger partial charge in [-0.25, -0.2) is 14.4 Å². The molecule has 6 atom stereocenters. The molecule has 1 aliphatic heterocycles. The third-order valence-corrected chi connectivity index (χ3v) is 24.7. The highest BCUT2D eigenvalue weighted by Crippen LogP contribution is 2.47. The van der Waals surface area contributed by atoms with E-state index in [9.17, 15) is 34.2 Å². The number of methoxy groups -OCH3 is 1. The van der Waals surface area contributed by atoms with Crippen molar-refractivity contribution in [3.05, 3.63) is 123 Å². The van der Waals surface area contributed by atoms with Crippen LogP contribution >= 0.6 is 0 Å². The first-order valence-electron chi connectivity index (χ1n) is 26.6. The van der Waals surface area contributed by atoms with E-state index in [1.807, 2.05) is 50.5 Å². The summed E-state index contributed by atoms with van der Waals surface area (Å²) in [5.41, 5.74) is 4.16. The maximum Gasteiger partial charge on any atom is 0.407 e. The molecule has 0 saturated carbocycles. The lowest BCUT2D eigenvalue weighted by Crippen LogP contribution is -2.59. The van der Waals surface area contributed by atoms with Gasteiger partial charge >= 0.3 is 17.8 Å². The average molecular weight is 1070 g/mol. The summed E-state index contributed by atoms with van der Waals surface area (Å²) in [5.74, 6) is -1.36. The fourth-order valence-electron chi connectivity index (χ4n) is 9.28. The van der Waals surface area contributed by atoms with Gasteiger partial charge < -0.3 is 43.9 Å². The van der Waals surface area contributed by atoms with Crippen LogP contribution in [0.2, 0.25) is 36.3 Å². The van der Waals surface area contributed by atoms with Gasteiger partial charge in [0.2, 0.25) is 5.91 Å². The monoisotopic (exact) mass is 1070 g/mol. The van der Waals surface area contributed by atoms with Crippen LogP contribution in [0.15, 0.2) is 94.6 Å². The fourth-order valence-corrected chi connectivity index (χ4v) is 11.9. The van der Waals surface area contributed by atoms with Crippen LogP contribution in [0.3, 0.4) is 0 Å². The van der Waals surface area contributed by atoms with Crippen molar-refractivity contribution < 1.29 is 47.7 Å². The van der Waals surface area contributed by atoms with Crippen LogP contribution in [0, 0.1) is 0 Å². The largest absolute Gasteiger partial charge is 0.497 e. The summed E-state index contributed by atoms with van der Waals surface area (Å²) < 4.78 is 34.2. The molecule has 18 heteroatoms. The highest BCUT2D eigenvalue weighted by Gasteiger charge is 2.58. The van der Waals surface area contributed by atoms with Gasteiger partial charge in [0.25, 0.3) is 5.56 Å². The van der Waals surface area contributed by atoms with Gasteiger partial charge in [0.15, 0.2) is 28.9 Å². The number of alkyl carbamates (subject to hydrolysis) is 1. The molecule has 410 valence electrons. The number of carboxylic acid groups (broad SMARTS) is 1. The summed E-state index contributed by atoms with van der Waals surface area (Å²) in [7, 11) is -3.97. The molecule has 1 aliphatic carbocycles. The molecule has 0 radical (unpaired) electrons. The first kappa shape index (κ1) is 58.9. The van der Waals surface area contributed by atoms with Crippen molar-refractivity contribution in [1.29, 1.82) is 0 Å². The van der Waals surface area contributed by atoms with Gasteiger partial charge in [0.05, 0.1) is 13.7 Å². The van der Waals surface area contributed by atoms with Crippen molar-refractivity contribution >= 4 is 34.6 Å². The van der Waals surface area contributed by atoms with Gasteiger partial charge in [-0.2, -0.15) is 0 Å². The molecule has 2 aliphatic rings. The predicted octanol–water partition coefficient (Wildman–Crippen LogP) is 9.72. The second kappa shape index (κ2) is 25.2. The number of amides is 2. The Labute approximate surface area is 444 Å². The quantitative estimate of drug-likeness (QED) is 0.0362. The lowest BCUT2D eigenvalue weighted by molar-refractivity contribution is -0.152. The van der Waals surface area contributed by atoms with E-state index >= 15 is 0 Å². The number of nitrogens with zero attached hydrogens (tertiary/aromatic N) is 2. The minimum atomic E-state index is -2.77. The van der Waals surface area contributed by atoms with Crippen LogP contribution in [-0.4, -0.2) is 105 Å². The lowest BCUT2D eigenvalue weighted by Gasteiger charge is -2.44. The number of carboxylic acids is 1. The Hall–Kier alpha value is -5.38. The maximum absolute atomic E-state index is 14.5. The van der Waals surface area contributed by atoms with E-state index in [2.05, 4.69) is 76.4 Å². The summed E-state index contributed by atoms with van der Waals surface area (Å²) in [6.45, 7) is 21.3. The Bertz CT molecular complexity index is 2650. The molecule has 75 heavy (non-hydrogen) atoms. The van der Waals surface area contributed by atoms with Crippen molar-refractivity contribution in [2.45, 2.75) is 185 Å². The molecule has 2 heterocycles. The second-order valence-electron chi connectivity index (χ2n) is 23.2. The third kappa shape index (κ3) is 14.6. The van der Waals surface area contributed by atoms with E-state index in [0.29, 0.717) is 24.3 Å². The number of aromatic nitrogens is 2. The highest BCUT2D eigenvalue weighted by molar-refractivity contribution is 6.74. The van der Waals surface area contributed by atoms with Gasteiger partial charge in [-0.15, -0.1) is 0 Å². The lowest BCUT2D eigenvalue weighted by atomic mass is 9.98. The summed E-state index contributed by atoms with van der Waals surface area (Å²) >= 11 is 0. The zero-order chi connectivity index (χ0) is 54.9. The molecular weight excluding hydrogens is 989 g/mol. The number of nitrogens with one attached hydrogen (secondary N) is 2. The smallest absolute Gasteiger partial charge is 0.407 e. The number of carbonyl (C=O) groups excluding carboxylic acids is 2. The van der Waals surface area contributed by atoms with Crippen molar-refractivity contribution in [1.82, 2.24) is 19.8 Å². The van der Waals surface area contributed by atoms with Crippen LogP contribution in [-0.2, 0) is 34.5 Å². The number of carbonyl (C=O) groups is 3. The van der Waals surface area contributed by atoms with Crippen LogP contribution in [0.25, 0.3) is 11.1 Å². The fraction of sp³-hybridized carbons (Fsp3) is 0.561. The highest BCUT2D eigenvalue weighted by atomic mass is 28.4. The minimum absolute atomic E-state index is 0.0138. The average Bonchev–Trinajstić information content (AvgIpc) is 3.86. The number of aliphatic hydroxyl groups is 1. The van der Waals surface area contributed by atoms with E-state index in [-0.39, 0.29) is 35.6 Å². The van der Waals surface area contributed by atoms with Crippen LogP contribution in [0.1, 0.15) is 128 Å². The van der Waals surface area contributed by atoms with Crippen molar-refractivity contribution in [3.63, 3.8) is 0 Å². The molecule has 0 bridgehead atoms. The molecule has 1 unspecified atom stereocenters. The van der Waals surface area contributed by atoms with E-state index in [1.165, 1.54) is 39.1 Å². The topological polar surface area (TPSA) is 206 Å². The van der Waals surface area contributed by atoms with Gasteiger partial charge in [0.1, 0.15) is 36.8 Å². The molecule has 0 spiro atoms. The van der Waals surface area contributed by atoms with Crippen molar-refractivity contribution in [3.8, 4) is 16.9 Å². The maximum atomic E-state index is 14.5. The molecule has 1 saturated heterocycles. The molecule has 3 aromatic carbocycles. The summed E-state index contributed by atoms with van der Waals surface area (Å²) in [4.78, 5) is 66.9. The second-order valence-corrected chi connectivity index (χ2v) is 32.7. The molecule has 16 nitrogen and oxygen atoms in total. The van der Waals surface area contributed by atoms with Crippen LogP contribution in [0.5, 0.6) is 5.75 Å². The van der Waals surface area contributed by atoms with Crippen molar-refractivity contribution in [2.24, 2.45) is 0 Å². The Balaban J connectivity index is 1.04. The molecule has 2 amide bonds. The van der Waals surface area contributed by atoms with Gasteiger partial charge in [-0.1, -0.05) is 141 Å². The van der Waals surface area contributed by atoms with E-state index in [0.717, 1.165) is 49.5 Å². The number of hydrogen-bond donors (Lipinski definition) is 4. The molecule has 4 N–H and O–H groups in total. The number of fused-ring (bicyclic) bond motifs is 3. The number of unbranched alkanes of at least 4 members (excludes halogenated alkanes) is 7. The van der Waals surface area contributed by atoms with Gasteiger partial charge in [-0.3, -0.25) is 18.7 Å². The predicted molar refractivity (Wildman–Crippen MR) is 295 cm³/mol. The molecule has 1 fully saturated rings. The van der Waals surface area contributed by atoms with Gasteiger partial charge in [0, 0.05) is 31.1 Å². The Morgan fingerprint density at radius 3 is 1.81 bits per heavy atom. The number of benzene rings is 3. The van der Waals surface area contributed by atoms with E-state index in [1.54, 1.807) is 31.4 Å².